The second-order valence-electron chi connectivity index (χ2n) is 2.67. The lowest BCUT2D eigenvalue weighted by molar-refractivity contribution is -0.134. The van der Waals surface area contributed by atoms with Gasteiger partial charge in [-0.1, -0.05) is 12.1 Å². The van der Waals surface area contributed by atoms with Gasteiger partial charge in [0.1, 0.15) is 12.4 Å². The van der Waals surface area contributed by atoms with Crippen molar-refractivity contribution in [3.05, 3.63) is 40.0 Å². The number of carbonyl (C=O) groups excluding carboxylic acids is 1. The number of benzene rings is 1. The summed E-state index contributed by atoms with van der Waals surface area (Å²) >= 11 is 2.19. The number of halogens is 1. The summed E-state index contributed by atoms with van der Waals surface area (Å²) in [5.74, 6) is 0.439. The zero-order valence-electron chi connectivity index (χ0n) is 8.27. The lowest BCUT2D eigenvalue weighted by atomic mass is 10.3. The number of hydrogen-bond acceptors (Lipinski definition) is 3. The number of carbonyl (C=O) groups is 1. The Balaban J connectivity index is 2.41. The molecule has 1 aromatic carbocycles. The molecule has 0 atom stereocenters. The largest absolute Gasteiger partial charge is 0.488 e. The summed E-state index contributed by atoms with van der Waals surface area (Å²) in [6.45, 7) is 0.356. The van der Waals surface area contributed by atoms with E-state index in [2.05, 4.69) is 27.3 Å². The van der Waals surface area contributed by atoms with Gasteiger partial charge in [0, 0.05) is 6.08 Å². The van der Waals surface area contributed by atoms with Crippen molar-refractivity contribution in [1.82, 2.24) is 0 Å². The Hall–Kier alpha value is -1.04. The van der Waals surface area contributed by atoms with E-state index in [1.807, 2.05) is 24.3 Å². The molecule has 0 aliphatic heterocycles. The fourth-order valence-corrected chi connectivity index (χ4v) is 1.46. The summed E-state index contributed by atoms with van der Waals surface area (Å²) in [6.07, 6.45) is 2.96. The zero-order chi connectivity index (χ0) is 11.1. The van der Waals surface area contributed by atoms with E-state index in [1.54, 1.807) is 6.08 Å². The first kappa shape index (κ1) is 12.0. The molecule has 0 aliphatic rings. The highest BCUT2D eigenvalue weighted by molar-refractivity contribution is 14.1. The van der Waals surface area contributed by atoms with Crippen molar-refractivity contribution in [3.63, 3.8) is 0 Å². The number of hydrogen-bond donors (Lipinski definition) is 0. The molecule has 15 heavy (non-hydrogen) atoms. The van der Waals surface area contributed by atoms with Crippen molar-refractivity contribution >= 4 is 28.6 Å². The molecule has 0 aliphatic carbocycles. The number of methoxy groups -OCH3 is 1. The quantitative estimate of drug-likeness (QED) is 0.486. The zero-order valence-corrected chi connectivity index (χ0v) is 10.4. The van der Waals surface area contributed by atoms with Gasteiger partial charge in [0.05, 0.1) is 10.7 Å². The van der Waals surface area contributed by atoms with E-state index in [9.17, 15) is 4.79 Å². The summed E-state index contributed by atoms with van der Waals surface area (Å²) < 4.78 is 10.9. The Morgan fingerprint density at radius 2 is 2.20 bits per heavy atom. The van der Waals surface area contributed by atoms with Crippen LogP contribution in [0.4, 0.5) is 0 Å². The number of esters is 1. The molecule has 3 nitrogen and oxygen atoms in total. The Kier molecular flexibility index (Phi) is 5.17. The van der Waals surface area contributed by atoms with Crippen molar-refractivity contribution in [1.29, 1.82) is 0 Å². The molecule has 4 heteroatoms. The van der Waals surface area contributed by atoms with Crippen molar-refractivity contribution in [3.8, 4) is 5.75 Å². The van der Waals surface area contributed by atoms with E-state index < -0.39 is 0 Å². The van der Waals surface area contributed by atoms with Crippen molar-refractivity contribution in [2.75, 3.05) is 13.7 Å². The van der Waals surface area contributed by atoms with Crippen LogP contribution in [0.1, 0.15) is 0 Å². The highest BCUT2D eigenvalue weighted by atomic mass is 127. The van der Waals surface area contributed by atoms with Gasteiger partial charge in [-0.05, 0) is 40.8 Å². The van der Waals surface area contributed by atoms with Gasteiger partial charge >= 0.3 is 5.97 Å². The van der Waals surface area contributed by atoms with E-state index in [1.165, 1.54) is 13.2 Å². The molecule has 0 amide bonds. The molecule has 0 unspecified atom stereocenters. The maximum Gasteiger partial charge on any atom is 0.330 e. The normalized spacial score (nSPS) is 10.3. The van der Waals surface area contributed by atoms with Crippen LogP contribution in [0.3, 0.4) is 0 Å². The molecule has 0 saturated carbocycles. The van der Waals surface area contributed by atoms with Gasteiger partial charge in [-0.25, -0.2) is 4.79 Å². The molecule has 0 radical (unpaired) electrons. The molecule has 0 saturated heterocycles. The molecule has 1 rings (SSSR count). The van der Waals surface area contributed by atoms with E-state index in [0.29, 0.717) is 6.61 Å². The van der Waals surface area contributed by atoms with Crippen LogP contribution in [0.15, 0.2) is 36.4 Å². The lowest BCUT2D eigenvalue weighted by Crippen LogP contribution is -1.98. The van der Waals surface area contributed by atoms with Crippen LogP contribution in [0.5, 0.6) is 5.75 Å². The molecule has 1 aromatic rings. The Labute approximate surface area is 102 Å². The lowest BCUT2D eigenvalue weighted by Gasteiger charge is -2.04. The molecule has 0 N–H and O–H groups in total. The molecule has 0 heterocycles. The summed E-state index contributed by atoms with van der Waals surface area (Å²) in [4.78, 5) is 10.7. The van der Waals surface area contributed by atoms with Crippen LogP contribution in [-0.2, 0) is 9.53 Å². The molecule has 0 fully saturated rings. The molecule has 80 valence electrons. The van der Waals surface area contributed by atoms with Gasteiger partial charge in [0.15, 0.2) is 0 Å². The minimum Gasteiger partial charge on any atom is -0.488 e. The van der Waals surface area contributed by atoms with Gasteiger partial charge in [0.2, 0.25) is 0 Å². The van der Waals surface area contributed by atoms with E-state index in [-0.39, 0.29) is 5.97 Å². The number of ether oxygens (including phenoxy) is 2. The van der Waals surface area contributed by atoms with E-state index >= 15 is 0 Å². The molecule has 0 aromatic heterocycles. The van der Waals surface area contributed by atoms with Crippen LogP contribution < -0.4 is 4.74 Å². The second-order valence-corrected chi connectivity index (χ2v) is 3.83. The van der Waals surface area contributed by atoms with Crippen LogP contribution in [0.2, 0.25) is 0 Å². The summed E-state index contributed by atoms with van der Waals surface area (Å²) in [5.41, 5.74) is 0. The van der Waals surface area contributed by atoms with Gasteiger partial charge in [-0.2, -0.15) is 0 Å². The molecular weight excluding hydrogens is 307 g/mol. The highest BCUT2D eigenvalue weighted by Crippen LogP contribution is 2.19. The van der Waals surface area contributed by atoms with Gasteiger partial charge in [0.25, 0.3) is 0 Å². The Morgan fingerprint density at radius 3 is 2.87 bits per heavy atom. The van der Waals surface area contributed by atoms with Crippen LogP contribution in [-0.4, -0.2) is 19.7 Å². The first-order chi connectivity index (χ1) is 7.24. The Morgan fingerprint density at radius 1 is 1.47 bits per heavy atom. The molecule has 0 spiro atoms. The van der Waals surface area contributed by atoms with Gasteiger partial charge in [-0.3, -0.25) is 0 Å². The monoisotopic (exact) mass is 318 g/mol. The topological polar surface area (TPSA) is 35.5 Å². The van der Waals surface area contributed by atoms with Crippen LogP contribution in [0.25, 0.3) is 0 Å². The first-order valence-corrected chi connectivity index (χ1v) is 5.43. The average molecular weight is 318 g/mol. The third-order valence-electron chi connectivity index (χ3n) is 1.63. The fraction of sp³-hybridized carbons (Fsp3) is 0.182. The number of para-hydroxylation sites is 1. The fourth-order valence-electron chi connectivity index (χ4n) is 0.912. The molecular formula is C11H11IO3. The van der Waals surface area contributed by atoms with Crippen molar-refractivity contribution in [2.45, 2.75) is 0 Å². The van der Waals surface area contributed by atoms with Crippen LogP contribution in [0, 0.1) is 3.57 Å². The van der Waals surface area contributed by atoms with Crippen molar-refractivity contribution < 1.29 is 14.3 Å². The predicted octanol–water partition coefficient (Wildman–Crippen LogP) is 2.40. The third-order valence-corrected chi connectivity index (χ3v) is 2.52. The molecule has 0 bridgehead atoms. The summed E-state index contributed by atoms with van der Waals surface area (Å²) in [6, 6.07) is 7.69. The maximum atomic E-state index is 10.7. The van der Waals surface area contributed by atoms with Gasteiger partial charge < -0.3 is 9.47 Å². The first-order valence-electron chi connectivity index (χ1n) is 4.36. The third kappa shape index (κ3) is 4.33. The van der Waals surface area contributed by atoms with Crippen LogP contribution >= 0.6 is 22.6 Å². The van der Waals surface area contributed by atoms with Gasteiger partial charge in [-0.15, -0.1) is 0 Å². The minimum atomic E-state index is -0.374. The SMILES string of the molecule is COC(=O)C=CCOc1ccccc1I. The van der Waals surface area contributed by atoms with E-state index in [0.717, 1.165) is 9.32 Å². The predicted molar refractivity (Wildman–Crippen MR) is 65.8 cm³/mol. The Bertz CT molecular complexity index is 361. The minimum absolute atomic E-state index is 0.356. The smallest absolute Gasteiger partial charge is 0.330 e. The average Bonchev–Trinajstić information content (AvgIpc) is 2.26. The highest BCUT2D eigenvalue weighted by Gasteiger charge is 1.97. The van der Waals surface area contributed by atoms with E-state index in [4.69, 9.17) is 4.74 Å². The summed E-state index contributed by atoms with van der Waals surface area (Å²) in [5, 5.41) is 0. The summed E-state index contributed by atoms with van der Waals surface area (Å²) in [7, 11) is 1.34. The number of rotatable bonds is 4. The standard InChI is InChI=1S/C11H11IO3/c1-14-11(13)7-4-8-15-10-6-3-2-5-9(10)12/h2-7H,8H2,1H3. The van der Waals surface area contributed by atoms with Crippen molar-refractivity contribution in [2.24, 2.45) is 0 Å². The maximum absolute atomic E-state index is 10.7. The second kappa shape index (κ2) is 6.44.